The van der Waals surface area contributed by atoms with Crippen LogP contribution in [0.2, 0.25) is 0 Å². The van der Waals surface area contributed by atoms with Crippen LogP contribution in [0.25, 0.3) is 11.0 Å². The number of fused-ring (bicyclic) bond motifs is 1. The van der Waals surface area contributed by atoms with Crippen molar-refractivity contribution in [2.75, 3.05) is 6.61 Å². The van der Waals surface area contributed by atoms with Crippen molar-refractivity contribution in [1.82, 2.24) is 15.3 Å². The van der Waals surface area contributed by atoms with Gasteiger partial charge in [0.05, 0.1) is 17.6 Å². The Bertz CT molecular complexity index is 982. The highest BCUT2D eigenvalue weighted by Gasteiger charge is 2.12. The van der Waals surface area contributed by atoms with E-state index in [4.69, 9.17) is 11.2 Å². The van der Waals surface area contributed by atoms with E-state index < -0.39 is 11.7 Å². The van der Waals surface area contributed by atoms with Gasteiger partial charge in [0.1, 0.15) is 5.69 Å². The maximum atomic E-state index is 14.4. The molecule has 0 spiro atoms. The average molecular weight is 349 g/mol. The van der Waals surface area contributed by atoms with Crippen LogP contribution in [0.3, 0.4) is 0 Å². The van der Waals surface area contributed by atoms with Crippen molar-refractivity contribution in [2.45, 2.75) is 13.0 Å². The molecule has 0 saturated carbocycles. The number of terminal acetylenes is 1. The molecular formula is C20H16FN3O2. The summed E-state index contributed by atoms with van der Waals surface area (Å²) in [4.78, 5) is 20.7. The third-order valence-electron chi connectivity index (χ3n) is 3.68. The number of hydrogen-bond donors (Lipinski definition) is 1. The van der Waals surface area contributed by atoms with E-state index in [1.54, 1.807) is 42.6 Å². The molecule has 26 heavy (non-hydrogen) atoms. The number of pyridine rings is 2. The van der Waals surface area contributed by atoms with Gasteiger partial charge in [-0.25, -0.2) is 9.37 Å². The molecule has 1 aromatic carbocycles. The number of ether oxygens (including phenoxy) is 1. The van der Waals surface area contributed by atoms with Crippen LogP contribution in [0, 0.1) is 18.2 Å². The number of nitrogens with zero attached hydrogens (tertiary/aromatic N) is 2. The van der Waals surface area contributed by atoms with Crippen molar-refractivity contribution in [1.29, 1.82) is 0 Å². The molecule has 0 bridgehead atoms. The number of rotatable bonds is 6. The summed E-state index contributed by atoms with van der Waals surface area (Å²) in [5.74, 6) is 1.63. The van der Waals surface area contributed by atoms with E-state index in [1.165, 1.54) is 6.07 Å². The third-order valence-corrected chi connectivity index (χ3v) is 3.68. The second kappa shape index (κ2) is 8.08. The molecule has 3 aromatic rings. The SMILES string of the molecule is C#CCCOc1cccc(CNC(=O)c2ccc3ncccc3n2)c1F. The van der Waals surface area contributed by atoms with E-state index in [2.05, 4.69) is 21.2 Å². The first kappa shape index (κ1) is 17.4. The highest BCUT2D eigenvalue weighted by molar-refractivity contribution is 5.94. The average Bonchev–Trinajstić information content (AvgIpc) is 2.68. The van der Waals surface area contributed by atoms with Crippen molar-refractivity contribution in [2.24, 2.45) is 0 Å². The lowest BCUT2D eigenvalue weighted by Gasteiger charge is -2.10. The van der Waals surface area contributed by atoms with Gasteiger partial charge in [-0.1, -0.05) is 12.1 Å². The van der Waals surface area contributed by atoms with Gasteiger partial charge in [0.15, 0.2) is 11.6 Å². The summed E-state index contributed by atoms with van der Waals surface area (Å²) in [6.45, 7) is 0.252. The number of benzene rings is 1. The van der Waals surface area contributed by atoms with Crippen LogP contribution in [-0.4, -0.2) is 22.5 Å². The lowest BCUT2D eigenvalue weighted by atomic mass is 10.2. The van der Waals surface area contributed by atoms with Crippen molar-refractivity contribution >= 4 is 16.9 Å². The summed E-state index contributed by atoms with van der Waals surface area (Å²) >= 11 is 0. The molecule has 3 rings (SSSR count). The van der Waals surface area contributed by atoms with E-state index in [1.807, 2.05) is 0 Å². The smallest absolute Gasteiger partial charge is 0.270 e. The largest absolute Gasteiger partial charge is 0.490 e. The van der Waals surface area contributed by atoms with Crippen molar-refractivity contribution in [3.05, 3.63) is 65.7 Å². The number of amides is 1. The van der Waals surface area contributed by atoms with E-state index in [0.717, 1.165) is 0 Å². The van der Waals surface area contributed by atoms with E-state index >= 15 is 0 Å². The minimum absolute atomic E-state index is 0.0176. The van der Waals surface area contributed by atoms with Gasteiger partial charge < -0.3 is 10.1 Å². The maximum Gasteiger partial charge on any atom is 0.270 e. The first-order valence-electron chi connectivity index (χ1n) is 8.02. The Labute approximate surface area is 150 Å². The molecule has 1 N–H and O–H groups in total. The molecule has 0 radical (unpaired) electrons. The summed E-state index contributed by atoms with van der Waals surface area (Å²) in [5, 5.41) is 2.67. The lowest BCUT2D eigenvalue weighted by molar-refractivity contribution is 0.0946. The molecule has 0 unspecified atom stereocenters. The Hall–Kier alpha value is -3.46. The second-order valence-corrected chi connectivity index (χ2v) is 5.45. The van der Waals surface area contributed by atoms with Crippen LogP contribution in [0.4, 0.5) is 4.39 Å². The van der Waals surface area contributed by atoms with Crippen molar-refractivity contribution in [3.63, 3.8) is 0 Å². The van der Waals surface area contributed by atoms with Gasteiger partial charge in [-0.3, -0.25) is 9.78 Å². The first-order valence-corrected chi connectivity index (χ1v) is 8.02. The van der Waals surface area contributed by atoms with Crippen LogP contribution >= 0.6 is 0 Å². The summed E-state index contributed by atoms with van der Waals surface area (Å²) in [5.41, 5.74) is 1.88. The topological polar surface area (TPSA) is 64.1 Å². The fourth-order valence-electron chi connectivity index (χ4n) is 2.37. The fourth-order valence-corrected chi connectivity index (χ4v) is 2.37. The van der Waals surface area contributed by atoms with Gasteiger partial charge >= 0.3 is 0 Å². The Kier molecular flexibility index (Phi) is 5.40. The molecule has 2 aromatic heterocycles. The summed E-state index contributed by atoms with van der Waals surface area (Å²) in [7, 11) is 0. The zero-order valence-electron chi connectivity index (χ0n) is 13.9. The quantitative estimate of drug-likeness (QED) is 0.549. The lowest BCUT2D eigenvalue weighted by Crippen LogP contribution is -2.24. The van der Waals surface area contributed by atoms with Gasteiger partial charge in [-0.15, -0.1) is 12.3 Å². The Morgan fingerprint density at radius 3 is 2.92 bits per heavy atom. The molecule has 0 fully saturated rings. The van der Waals surface area contributed by atoms with Crippen LogP contribution in [0.1, 0.15) is 22.5 Å². The van der Waals surface area contributed by atoms with Crippen LogP contribution < -0.4 is 10.1 Å². The number of nitrogens with one attached hydrogen (secondary N) is 1. The second-order valence-electron chi connectivity index (χ2n) is 5.45. The molecule has 130 valence electrons. The monoisotopic (exact) mass is 349 g/mol. The molecule has 5 nitrogen and oxygen atoms in total. The van der Waals surface area contributed by atoms with Crippen molar-refractivity contribution in [3.8, 4) is 18.1 Å². The Balaban J connectivity index is 1.68. The van der Waals surface area contributed by atoms with Gasteiger partial charge in [0.25, 0.3) is 5.91 Å². The van der Waals surface area contributed by atoms with Gasteiger partial charge in [-0.05, 0) is 30.3 Å². The molecule has 6 heteroatoms. The van der Waals surface area contributed by atoms with Crippen LogP contribution in [-0.2, 0) is 6.54 Å². The molecule has 0 saturated heterocycles. The van der Waals surface area contributed by atoms with Gasteiger partial charge in [0, 0.05) is 24.7 Å². The van der Waals surface area contributed by atoms with E-state index in [-0.39, 0.29) is 24.6 Å². The van der Waals surface area contributed by atoms with E-state index in [9.17, 15) is 9.18 Å². The molecule has 0 aliphatic heterocycles. The van der Waals surface area contributed by atoms with Crippen molar-refractivity contribution < 1.29 is 13.9 Å². The summed E-state index contributed by atoms with van der Waals surface area (Å²) in [6.07, 6.45) is 7.20. The number of hydrogen-bond acceptors (Lipinski definition) is 4. The standard InChI is InChI=1S/C20H16FN3O2/c1-2-3-12-26-18-8-4-6-14(19(18)21)13-23-20(25)17-10-9-15-16(24-17)7-5-11-22-15/h1,4-11H,3,12-13H2,(H,23,25). The number of aromatic nitrogens is 2. The molecule has 2 heterocycles. The predicted octanol–water partition coefficient (Wildman–Crippen LogP) is 3.10. The van der Waals surface area contributed by atoms with Gasteiger partial charge in [-0.2, -0.15) is 0 Å². The minimum atomic E-state index is -0.513. The highest BCUT2D eigenvalue weighted by Crippen LogP contribution is 2.20. The summed E-state index contributed by atoms with van der Waals surface area (Å²) in [6, 6.07) is 11.6. The predicted molar refractivity (Wildman–Crippen MR) is 96.1 cm³/mol. The minimum Gasteiger partial charge on any atom is -0.490 e. The summed E-state index contributed by atoms with van der Waals surface area (Å²) < 4.78 is 19.7. The third kappa shape index (κ3) is 3.95. The van der Waals surface area contributed by atoms with E-state index in [0.29, 0.717) is 23.0 Å². The zero-order chi connectivity index (χ0) is 18.4. The van der Waals surface area contributed by atoms with Crippen LogP contribution in [0.15, 0.2) is 48.7 Å². The zero-order valence-corrected chi connectivity index (χ0v) is 13.9. The number of carbonyl (C=O) groups excluding carboxylic acids is 1. The number of carbonyl (C=O) groups is 1. The maximum absolute atomic E-state index is 14.4. The molecule has 1 amide bonds. The Morgan fingerprint density at radius 1 is 1.19 bits per heavy atom. The molecule has 0 atom stereocenters. The van der Waals surface area contributed by atoms with Crippen LogP contribution in [0.5, 0.6) is 5.75 Å². The van der Waals surface area contributed by atoms with Gasteiger partial charge in [0.2, 0.25) is 0 Å². The number of halogens is 1. The normalized spacial score (nSPS) is 10.3. The fraction of sp³-hybridized carbons (Fsp3) is 0.150. The molecule has 0 aliphatic carbocycles. The first-order chi connectivity index (χ1) is 12.7. The Morgan fingerprint density at radius 2 is 2.08 bits per heavy atom. The molecule has 0 aliphatic rings. The molecular weight excluding hydrogens is 333 g/mol. The highest BCUT2D eigenvalue weighted by atomic mass is 19.1.